The molecule has 1 heterocycles. The molecule has 1 rings (SSSR count). The minimum Gasteiger partial charge on any atom is -0.480 e. The van der Waals surface area contributed by atoms with E-state index < -0.39 is 30.4 Å². The molecule has 0 saturated carbocycles. The highest BCUT2D eigenvalue weighted by molar-refractivity contribution is 5.87. The molecule has 0 radical (unpaired) electrons. The molecule has 0 aliphatic carbocycles. The second-order valence-corrected chi connectivity index (χ2v) is 4.30. The molecular formula is C10H18N4O4. The number of primary amides is 1. The van der Waals surface area contributed by atoms with Crippen molar-refractivity contribution >= 4 is 17.9 Å². The highest BCUT2D eigenvalue weighted by Gasteiger charge is 2.26. The van der Waals surface area contributed by atoms with Crippen LogP contribution in [0.2, 0.25) is 0 Å². The van der Waals surface area contributed by atoms with Gasteiger partial charge in [0.05, 0.1) is 6.42 Å². The third-order valence-electron chi connectivity index (χ3n) is 2.79. The molecule has 0 bridgehead atoms. The summed E-state index contributed by atoms with van der Waals surface area (Å²) in [5, 5.41) is 11.2. The lowest BCUT2D eigenvalue weighted by Gasteiger charge is -2.33. The van der Waals surface area contributed by atoms with Gasteiger partial charge in [0.25, 0.3) is 0 Å². The fraction of sp³-hybridized carbons (Fsp3) is 0.700. The quantitative estimate of drug-likeness (QED) is 0.554. The van der Waals surface area contributed by atoms with Crippen LogP contribution >= 0.6 is 0 Å². The number of nitrogens with two attached hydrogens (primary N) is 1. The Hall–Kier alpha value is -1.83. The fourth-order valence-electron chi connectivity index (χ4n) is 1.65. The Bertz CT molecular complexity index is 339. The Morgan fingerprint density at radius 1 is 1.28 bits per heavy atom. The van der Waals surface area contributed by atoms with Crippen LogP contribution in [0.4, 0.5) is 4.79 Å². The number of aliphatic carboxylic acids is 1. The van der Waals surface area contributed by atoms with Gasteiger partial charge in [0.1, 0.15) is 6.04 Å². The molecule has 3 amide bonds. The Morgan fingerprint density at radius 3 is 2.28 bits per heavy atom. The topological polar surface area (TPSA) is 116 Å². The van der Waals surface area contributed by atoms with Crippen molar-refractivity contribution in [2.24, 2.45) is 5.73 Å². The highest BCUT2D eigenvalue weighted by atomic mass is 16.4. The van der Waals surface area contributed by atoms with E-state index in [1.54, 1.807) is 0 Å². The molecule has 1 saturated heterocycles. The van der Waals surface area contributed by atoms with E-state index in [2.05, 4.69) is 10.2 Å². The minimum atomic E-state index is -1.27. The maximum Gasteiger partial charge on any atom is 0.326 e. The first-order valence-corrected chi connectivity index (χ1v) is 5.65. The van der Waals surface area contributed by atoms with Crippen molar-refractivity contribution in [3.05, 3.63) is 0 Å². The molecule has 8 nitrogen and oxygen atoms in total. The van der Waals surface area contributed by atoms with Crippen LogP contribution < -0.4 is 11.1 Å². The second kappa shape index (κ2) is 6.20. The maximum absolute atomic E-state index is 11.8. The average molecular weight is 258 g/mol. The predicted octanol–water partition coefficient (Wildman–Crippen LogP) is -1.73. The van der Waals surface area contributed by atoms with Crippen molar-refractivity contribution < 1.29 is 19.5 Å². The molecule has 1 atom stereocenters. The van der Waals surface area contributed by atoms with Gasteiger partial charge >= 0.3 is 12.0 Å². The molecule has 8 heteroatoms. The van der Waals surface area contributed by atoms with Crippen molar-refractivity contribution in [2.45, 2.75) is 12.5 Å². The molecule has 1 fully saturated rings. The molecule has 1 aliphatic heterocycles. The number of urea groups is 1. The molecule has 1 aliphatic rings. The summed E-state index contributed by atoms with van der Waals surface area (Å²) in [5.41, 5.74) is 4.93. The van der Waals surface area contributed by atoms with Gasteiger partial charge in [-0.3, -0.25) is 4.79 Å². The highest BCUT2D eigenvalue weighted by Crippen LogP contribution is 2.01. The first kappa shape index (κ1) is 14.2. The first-order valence-electron chi connectivity index (χ1n) is 5.65. The summed E-state index contributed by atoms with van der Waals surface area (Å²) in [7, 11) is 1.95. The standard InChI is InChI=1S/C10H18N4O4/c1-13-2-4-14(5-3-13)10(18)12-7(9(16)17)6-8(11)15/h7H,2-6H2,1H3,(H2,11,15)(H,12,18)(H,16,17). The van der Waals surface area contributed by atoms with Gasteiger partial charge in [-0.1, -0.05) is 0 Å². The van der Waals surface area contributed by atoms with Crippen molar-refractivity contribution in [1.29, 1.82) is 0 Å². The zero-order valence-corrected chi connectivity index (χ0v) is 10.3. The summed E-state index contributed by atoms with van der Waals surface area (Å²) < 4.78 is 0. The number of nitrogens with one attached hydrogen (secondary N) is 1. The summed E-state index contributed by atoms with van der Waals surface area (Å²) in [6.45, 7) is 2.54. The SMILES string of the molecule is CN1CCN(C(=O)NC(CC(N)=O)C(=O)O)CC1. The number of hydrogen-bond donors (Lipinski definition) is 3. The third-order valence-corrected chi connectivity index (χ3v) is 2.79. The first-order chi connectivity index (χ1) is 8.40. The zero-order chi connectivity index (χ0) is 13.7. The van der Waals surface area contributed by atoms with Crippen LogP contribution in [0.25, 0.3) is 0 Å². The zero-order valence-electron chi connectivity index (χ0n) is 10.3. The van der Waals surface area contributed by atoms with E-state index in [1.807, 2.05) is 7.05 Å². The summed E-state index contributed by atoms with van der Waals surface area (Å²) in [6, 6.07) is -1.74. The number of likely N-dealkylation sites (N-methyl/N-ethyl adjacent to an activating group) is 1. The largest absolute Gasteiger partial charge is 0.480 e. The summed E-state index contributed by atoms with van der Waals surface area (Å²) in [5.74, 6) is -2.03. The molecule has 1 unspecified atom stereocenters. The average Bonchev–Trinajstić information content (AvgIpc) is 2.28. The fourth-order valence-corrected chi connectivity index (χ4v) is 1.65. The normalized spacial score (nSPS) is 18.2. The van der Waals surface area contributed by atoms with E-state index in [-0.39, 0.29) is 0 Å². The number of carbonyl (C=O) groups is 3. The molecule has 18 heavy (non-hydrogen) atoms. The molecule has 4 N–H and O–H groups in total. The molecule has 102 valence electrons. The number of nitrogens with zero attached hydrogens (tertiary/aromatic N) is 2. The monoisotopic (exact) mass is 258 g/mol. The number of amides is 3. The van der Waals surface area contributed by atoms with Gasteiger partial charge in [-0.2, -0.15) is 0 Å². The number of rotatable bonds is 4. The van der Waals surface area contributed by atoms with Gasteiger partial charge in [0.2, 0.25) is 5.91 Å². The maximum atomic E-state index is 11.8. The Labute approximate surface area is 105 Å². The molecule has 0 aromatic heterocycles. The van der Waals surface area contributed by atoms with Crippen molar-refractivity contribution in [1.82, 2.24) is 15.1 Å². The van der Waals surface area contributed by atoms with Gasteiger partial charge in [-0.25, -0.2) is 9.59 Å². The van der Waals surface area contributed by atoms with E-state index in [0.29, 0.717) is 13.1 Å². The van der Waals surface area contributed by atoms with Gasteiger partial charge in [-0.15, -0.1) is 0 Å². The van der Waals surface area contributed by atoms with Crippen LogP contribution in [0, 0.1) is 0 Å². The molecule has 0 spiro atoms. The number of carbonyl (C=O) groups excluding carboxylic acids is 2. The minimum absolute atomic E-state index is 0.408. The van der Waals surface area contributed by atoms with E-state index in [0.717, 1.165) is 13.1 Å². The molecular weight excluding hydrogens is 240 g/mol. The lowest BCUT2D eigenvalue weighted by Crippen LogP contribution is -2.54. The van der Waals surface area contributed by atoms with E-state index in [4.69, 9.17) is 10.8 Å². The van der Waals surface area contributed by atoms with Crippen LogP contribution in [-0.2, 0) is 9.59 Å². The van der Waals surface area contributed by atoms with Crippen molar-refractivity contribution in [2.75, 3.05) is 33.2 Å². The van der Waals surface area contributed by atoms with Crippen molar-refractivity contribution in [3.8, 4) is 0 Å². The van der Waals surface area contributed by atoms with Crippen molar-refractivity contribution in [3.63, 3.8) is 0 Å². The smallest absolute Gasteiger partial charge is 0.326 e. The van der Waals surface area contributed by atoms with Gasteiger partial charge in [0.15, 0.2) is 0 Å². The van der Waals surface area contributed by atoms with E-state index in [9.17, 15) is 14.4 Å². The van der Waals surface area contributed by atoms with Gasteiger partial charge in [-0.05, 0) is 7.05 Å². The third kappa shape index (κ3) is 4.21. The Kier molecular flexibility index (Phi) is 4.90. The second-order valence-electron chi connectivity index (χ2n) is 4.30. The lowest BCUT2D eigenvalue weighted by molar-refractivity contribution is -0.141. The summed E-state index contributed by atoms with van der Waals surface area (Å²) in [4.78, 5) is 36.9. The van der Waals surface area contributed by atoms with E-state index in [1.165, 1.54) is 4.90 Å². The van der Waals surface area contributed by atoms with Crippen LogP contribution in [0.3, 0.4) is 0 Å². The lowest BCUT2D eigenvalue weighted by atomic mass is 10.2. The molecule has 0 aromatic carbocycles. The number of carboxylic acids is 1. The van der Waals surface area contributed by atoms with Crippen LogP contribution in [0.5, 0.6) is 0 Å². The predicted molar refractivity (Wildman–Crippen MR) is 62.8 cm³/mol. The number of carboxylic acid groups (broad SMARTS) is 1. The number of hydrogen-bond acceptors (Lipinski definition) is 4. The van der Waals surface area contributed by atoms with Gasteiger partial charge in [0, 0.05) is 26.2 Å². The summed E-state index contributed by atoms with van der Waals surface area (Å²) >= 11 is 0. The van der Waals surface area contributed by atoms with Crippen LogP contribution in [0.15, 0.2) is 0 Å². The van der Waals surface area contributed by atoms with E-state index >= 15 is 0 Å². The molecule has 0 aromatic rings. The van der Waals surface area contributed by atoms with Gasteiger partial charge < -0.3 is 26.0 Å². The Balaban J connectivity index is 2.50. The summed E-state index contributed by atoms with van der Waals surface area (Å²) in [6.07, 6.45) is -0.408. The Morgan fingerprint density at radius 2 is 1.83 bits per heavy atom. The van der Waals surface area contributed by atoms with Crippen LogP contribution in [0.1, 0.15) is 6.42 Å². The number of piperazine rings is 1. The van der Waals surface area contributed by atoms with Crippen LogP contribution in [-0.4, -0.2) is 72.1 Å².